The number of hydrogen-bond acceptors (Lipinski definition) is 6. The Morgan fingerprint density at radius 1 is 1.11 bits per heavy atom. The van der Waals surface area contributed by atoms with E-state index in [4.69, 9.17) is 14.7 Å². The molecule has 6 heteroatoms. The van der Waals surface area contributed by atoms with Crippen LogP contribution in [0.5, 0.6) is 0 Å². The molecule has 1 aliphatic rings. The molecule has 0 unspecified atom stereocenters. The molecule has 0 saturated carbocycles. The first-order chi connectivity index (χ1) is 13.1. The molecule has 0 bridgehead atoms. The topological polar surface area (TPSA) is 50.3 Å². The van der Waals surface area contributed by atoms with E-state index in [1.807, 2.05) is 0 Å². The standard InChI is InChI=1S/C21H26N4OS/c1-14-6-4-5-7-17(14)12-22-20-19-15(2)16(3)27-21(19)24-18(23-20)13-25-8-10-26-11-9-25/h4-7H,8-13H2,1-3H3,(H,22,23,24). The molecule has 4 rings (SSSR count). The van der Waals surface area contributed by atoms with Gasteiger partial charge in [0.15, 0.2) is 0 Å². The highest BCUT2D eigenvalue weighted by Gasteiger charge is 2.17. The minimum atomic E-state index is 0.768. The van der Waals surface area contributed by atoms with E-state index < -0.39 is 0 Å². The van der Waals surface area contributed by atoms with Gasteiger partial charge in [0.25, 0.3) is 0 Å². The Bertz CT molecular complexity index is 947. The van der Waals surface area contributed by atoms with Gasteiger partial charge in [0.2, 0.25) is 0 Å². The number of aryl methyl sites for hydroxylation is 3. The van der Waals surface area contributed by atoms with Gasteiger partial charge in [-0.05, 0) is 37.5 Å². The van der Waals surface area contributed by atoms with Crippen LogP contribution in [-0.4, -0.2) is 41.2 Å². The minimum Gasteiger partial charge on any atom is -0.379 e. The summed E-state index contributed by atoms with van der Waals surface area (Å²) in [6.07, 6.45) is 0. The number of ether oxygens (including phenoxy) is 1. The van der Waals surface area contributed by atoms with Crippen molar-refractivity contribution < 1.29 is 4.74 Å². The molecule has 2 aromatic heterocycles. The lowest BCUT2D eigenvalue weighted by Crippen LogP contribution is -2.36. The highest BCUT2D eigenvalue weighted by atomic mass is 32.1. The molecule has 0 spiro atoms. The number of rotatable bonds is 5. The van der Waals surface area contributed by atoms with Gasteiger partial charge in [-0.25, -0.2) is 9.97 Å². The van der Waals surface area contributed by atoms with Gasteiger partial charge in [0.1, 0.15) is 16.5 Å². The molecule has 1 N–H and O–H groups in total. The number of morpholine rings is 1. The lowest BCUT2D eigenvalue weighted by Gasteiger charge is -2.25. The number of hydrogen-bond donors (Lipinski definition) is 1. The summed E-state index contributed by atoms with van der Waals surface area (Å²) < 4.78 is 5.46. The van der Waals surface area contributed by atoms with E-state index in [2.05, 4.69) is 55.3 Å². The molecular weight excluding hydrogens is 356 g/mol. The fraction of sp³-hybridized carbons (Fsp3) is 0.429. The molecule has 1 saturated heterocycles. The average molecular weight is 383 g/mol. The van der Waals surface area contributed by atoms with Gasteiger partial charge in [0.05, 0.1) is 25.1 Å². The summed E-state index contributed by atoms with van der Waals surface area (Å²) in [5.74, 6) is 1.84. The van der Waals surface area contributed by atoms with Gasteiger partial charge in [0, 0.05) is 24.5 Å². The van der Waals surface area contributed by atoms with Crippen LogP contribution in [-0.2, 0) is 17.8 Å². The molecule has 1 aliphatic heterocycles. The summed E-state index contributed by atoms with van der Waals surface area (Å²) in [6, 6.07) is 8.48. The second-order valence-electron chi connectivity index (χ2n) is 7.12. The van der Waals surface area contributed by atoms with E-state index in [1.54, 1.807) is 11.3 Å². The third-order valence-electron chi connectivity index (χ3n) is 5.25. The molecule has 1 aromatic carbocycles. The van der Waals surface area contributed by atoms with Crippen LogP contribution < -0.4 is 5.32 Å². The van der Waals surface area contributed by atoms with Crippen molar-refractivity contribution in [3.63, 3.8) is 0 Å². The molecule has 142 valence electrons. The first-order valence-corrected chi connectivity index (χ1v) is 10.3. The van der Waals surface area contributed by atoms with Gasteiger partial charge in [-0.15, -0.1) is 11.3 Å². The van der Waals surface area contributed by atoms with Crippen molar-refractivity contribution in [2.24, 2.45) is 0 Å². The second-order valence-corrected chi connectivity index (χ2v) is 8.32. The first kappa shape index (κ1) is 18.3. The maximum Gasteiger partial charge on any atom is 0.146 e. The maximum atomic E-state index is 5.46. The van der Waals surface area contributed by atoms with Crippen LogP contribution >= 0.6 is 11.3 Å². The van der Waals surface area contributed by atoms with Gasteiger partial charge >= 0.3 is 0 Å². The Morgan fingerprint density at radius 2 is 1.89 bits per heavy atom. The number of nitrogens with one attached hydrogen (secondary N) is 1. The van der Waals surface area contributed by atoms with E-state index in [0.29, 0.717) is 0 Å². The van der Waals surface area contributed by atoms with Gasteiger partial charge < -0.3 is 10.1 Å². The zero-order chi connectivity index (χ0) is 18.8. The summed E-state index contributed by atoms with van der Waals surface area (Å²) in [7, 11) is 0. The summed E-state index contributed by atoms with van der Waals surface area (Å²) in [5.41, 5.74) is 3.87. The number of thiophene rings is 1. The fourth-order valence-corrected chi connectivity index (χ4v) is 4.49. The molecule has 0 radical (unpaired) electrons. The molecule has 0 atom stereocenters. The van der Waals surface area contributed by atoms with Crippen molar-refractivity contribution in [2.45, 2.75) is 33.9 Å². The Kier molecular flexibility index (Phi) is 5.38. The lowest BCUT2D eigenvalue weighted by molar-refractivity contribution is 0.0331. The number of anilines is 1. The van der Waals surface area contributed by atoms with Crippen LogP contribution in [0.4, 0.5) is 5.82 Å². The van der Waals surface area contributed by atoms with Crippen molar-refractivity contribution in [3.05, 3.63) is 51.7 Å². The molecule has 0 amide bonds. The third-order valence-corrected chi connectivity index (χ3v) is 6.35. The van der Waals surface area contributed by atoms with Crippen LogP contribution in [0, 0.1) is 20.8 Å². The molecule has 1 fully saturated rings. The Hall–Kier alpha value is -2.02. The SMILES string of the molecule is Cc1ccccc1CNc1nc(CN2CCOCC2)nc2sc(C)c(C)c12. The van der Waals surface area contributed by atoms with E-state index in [0.717, 1.165) is 61.3 Å². The monoisotopic (exact) mass is 382 g/mol. The molecule has 3 heterocycles. The second kappa shape index (κ2) is 7.92. The molecule has 5 nitrogen and oxygen atoms in total. The van der Waals surface area contributed by atoms with Gasteiger partial charge in [-0.2, -0.15) is 0 Å². The van der Waals surface area contributed by atoms with Gasteiger partial charge in [-0.1, -0.05) is 24.3 Å². The van der Waals surface area contributed by atoms with Crippen molar-refractivity contribution >= 4 is 27.4 Å². The first-order valence-electron chi connectivity index (χ1n) is 9.47. The van der Waals surface area contributed by atoms with E-state index in [9.17, 15) is 0 Å². The van der Waals surface area contributed by atoms with E-state index >= 15 is 0 Å². The maximum absolute atomic E-state index is 5.46. The summed E-state index contributed by atoms with van der Waals surface area (Å²) >= 11 is 1.76. The fourth-order valence-electron chi connectivity index (χ4n) is 3.44. The number of benzene rings is 1. The molecular formula is C21H26N4OS. The largest absolute Gasteiger partial charge is 0.379 e. The van der Waals surface area contributed by atoms with Crippen LogP contribution in [0.25, 0.3) is 10.2 Å². The number of aromatic nitrogens is 2. The highest BCUT2D eigenvalue weighted by molar-refractivity contribution is 7.18. The predicted octanol–water partition coefficient (Wildman–Crippen LogP) is 4.06. The Labute approximate surface area is 164 Å². The van der Waals surface area contributed by atoms with Crippen LogP contribution in [0.3, 0.4) is 0 Å². The average Bonchev–Trinajstić information content (AvgIpc) is 2.96. The highest BCUT2D eigenvalue weighted by Crippen LogP contribution is 2.33. The van der Waals surface area contributed by atoms with E-state index in [1.165, 1.54) is 21.6 Å². The Balaban J connectivity index is 1.65. The van der Waals surface area contributed by atoms with Crippen LogP contribution in [0.2, 0.25) is 0 Å². The van der Waals surface area contributed by atoms with Crippen molar-refractivity contribution in [2.75, 3.05) is 31.6 Å². The smallest absolute Gasteiger partial charge is 0.146 e. The normalized spacial score (nSPS) is 15.4. The molecule has 3 aromatic rings. The summed E-state index contributed by atoms with van der Waals surface area (Å²) in [6.45, 7) is 11.5. The quantitative estimate of drug-likeness (QED) is 0.721. The lowest BCUT2D eigenvalue weighted by atomic mass is 10.1. The Morgan fingerprint density at radius 3 is 2.67 bits per heavy atom. The minimum absolute atomic E-state index is 0.768. The van der Waals surface area contributed by atoms with Gasteiger partial charge in [-0.3, -0.25) is 4.90 Å². The zero-order valence-corrected chi connectivity index (χ0v) is 17.0. The predicted molar refractivity (Wildman–Crippen MR) is 111 cm³/mol. The number of fused-ring (bicyclic) bond motifs is 1. The third kappa shape index (κ3) is 3.98. The molecule has 27 heavy (non-hydrogen) atoms. The summed E-state index contributed by atoms with van der Waals surface area (Å²) in [5, 5.41) is 4.75. The van der Waals surface area contributed by atoms with E-state index in [-0.39, 0.29) is 0 Å². The van der Waals surface area contributed by atoms with Crippen LogP contribution in [0.1, 0.15) is 27.4 Å². The van der Waals surface area contributed by atoms with Crippen molar-refractivity contribution in [3.8, 4) is 0 Å². The summed E-state index contributed by atoms with van der Waals surface area (Å²) in [4.78, 5) is 14.5. The van der Waals surface area contributed by atoms with Crippen LogP contribution in [0.15, 0.2) is 24.3 Å². The number of nitrogens with zero attached hydrogens (tertiary/aromatic N) is 3. The van der Waals surface area contributed by atoms with Crippen molar-refractivity contribution in [1.29, 1.82) is 0 Å². The molecule has 0 aliphatic carbocycles. The zero-order valence-electron chi connectivity index (χ0n) is 16.2. The van der Waals surface area contributed by atoms with Crippen molar-refractivity contribution in [1.82, 2.24) is 14.9 Å².